The largest absolute Gasteiger partial charge is 0.350 e. The zero-order valence-corrected chi connectivity index (χ0v) is 14.7. The summed E-state index contributed by atoms with van der Waals surface area (Å²) in [6, 6.07) is 5.82. The SMILES string of the molecule is Cc1cccc(CNC(=O)Cc2c(C)nn(CC(C)C)c2C)n1. The van der Waals surface area contributed by atoms with E-state index >= 15 is 0 Å². The van der Waals surface area contributed by atoms with Crippen LogP contribution in [0.2, 0.25) is 0 Å². The monoisotopic (exact) mass is 314 g/mol. The van der Waals surface area contributed by atoms with Gasteiger partial charge < -0.3 is 5.32 Å². The predicted octanol–water partition coefficient (Wildman–Crippen LogP) is 2.72. The normalized spacial score (nSPS) is 11.0. The van der Waals surface area contributed by atoms with Gasteiger partial charge in [-0.3, -0.25) is 14.5 Å². The fraction of sp³-hybridized carbons (Fsp3) is 0.500. The molecule has 0 radical (unpaired) electrons. The molecule has 2 rings (SSSR count). The highest BCUT2D eigenvalue weighted by molar-refractivity contribution is 5.79. The van der Waals surface area contributed by atoms with Crippen molar-refractivity contribution >= 4 is 5.91 Å². The van der Waals surface area contributed by atoms with Gasteiger partial charge >= 0.3 is 0 Å². The number of pyridine rings is 1. The zero-order chi connectivity index (χ0) is 17.0. The Balaban J connectivity index is 1.99. The van der Waals surface area contributed by atoms with Crippen LogP contribution in [0.15, 0.2) is 18.2 Å². The Hall–Kier alpha value is -2.17. The number of aromatic nitrogens is 3. The lowest BCUT2D eigenvalue weighted by Gasteiger charge is -2.08. The van der Waals surface area contributed by atoms with Crippen LogP contribution in [0.1, 0.15) is 42.2 Å². The molecule has 0 bridgehead atoms. The second-order valence-electron chi connectivity index (χ2n) is 6.45. The highest BCUT2D eigenvalue weighted by atomic mass is 16.1. The molecule has 0 aliphatic heterocycles. The third-order valence-corrected chi connectivity index (χ3v) is 3.82. The summed E-state index contributed by atoms with van der Waals surface area (Å²) in [6.45, 7) is 11.6. The smallest absolute Gasteiger partial charge is 0.224 e. The van der Waals surface area contributed by atoms with Crippen LogP contribution in [0, 0.1) is 26.7 Å². The number of nitrogens with zero attached hydrogens (tertiary/aromatic N) is 3. The lowest BCUT2D eigenvalue weighted by atomic mass is 10.1. The maximum atomic E-state index is 12.2. The molecule has 0 fully saturated rings. The van der Waals surface area contributed by atoms with E-state index in [0.717, 1.165) is 34.9 Å². The third-order valence-electron chi connectivity index (χ3n) is 3.82. The molecule has 1 N–H and O–H groups in total. The van der Waals surface area contributed by atoms with Gasteiger partial charge in [0.2, 0.25) is 5.91 Å². The Morgan fingerprint density at radius 3 is 2.65 bits per heavy atom. The summed E-state index contributed by atoms with van der Waals surface area (Å²) in [4.78, 5) is 16.6. The highest BCUT2D eigenvalue weighted by Gasteiger charge is 2.15. The Morgan fingerprint density at radius 1 is 1.26 bits per heavy atom. The van der Waals surface area contributed by atoms with Crippen LogP contribution >= 0.6 is 0 Å². The summed E-state index contributed by atoms with van der Waals surface area (Å²) >= 11 is 0. The molecule has 2 aromatic heterocycles. The summed E-state index contributed by atoms with van der Waals surface area (Å²) < 4.78 is 2.00. The van der Waals surface area contributed by atoms with E-state index in [1.54, 1.807) is 0 Å². The Kier molecular flexibility index (Phi) is 5.53. The van der Waals surface area contributed by atoms with Crippen LogP contribution in [0.25, 0.3) is 0 Å². The van der Waals surface area contributed by atoms with Crippen LogP contribution in [0.4, 0.5) is 0 Å². The van der Waals surface area contributed by atoms with Crippen LogP contribution in [0.5, 0.6) is 0 Å². The lowest BCUT2D eigenvalue weighted by Crippen LogP contribution is -2.25. The number of hydrogen-bond donors (Lipinski definition) is 1. The molecule has 0 aliphatic rings. The first kappa shape index (κ1) is 17.2. The first-order chi connectivity index (χ1) is 10.9. The van der Waals surface area contributed by atoms with Gasteiger partial charge in [0, 0.05) is 23.5 Å². The lowest BCUT2D eigenvalue weighted by molar-refractivity contribution is -0.120. The van der Waals surface area contributed by atoms with E-state index in [0.29, 0.717) is 18.9 Å². The molecule has 23 heavy (non-hydrogen) atoms. The molecule has 0 saturated heterocycles. The van der Waals surface area contributed by atoms with Crippen molar-refractivity contribution in [3.8, 4) is 0 Å². The van der Waals surface area contributed by atoms with Crippen molar-refractivity contribution in [1.82, 2.24) is 20.1 Å². The van der Waals surface area contributed by atoms with Crippen molar-refractivity contribution in [2.75, 3.05) is 0 Å². The fourth-order valence-electron chi connectivity index (χ4n) is 2.62. The Bertz CT molecular complexity index is 688. The minimum absolute atomic E-state index is 0.00334. The maximum absolute atomic E-state index is 12.2. The highest BCUT2D eigenvalue weighted by Crippen LogP contribution is 2.15. The van der Waals surface area contributed by atoms with Crippen LogP contribution in [0.3, 0.4) is 0 Å². The molecule has 124 valence electrons. The molecular formula is C18H26N4O. The molecular weight excluding hydrogens is 288 g/mol. The van der Waals surface area contributed by atoms with E-state index in [2.05, 4.69) is 29.2 Å². The number of rotatable bonds is 6. The van der Waals surface area contributed by atoms with Gasteiger partial charge in [0.15, 0.2) is 0 Å². The van der Waals surface area contributed by atoms with Gasteiger partial charge in [0.1, 0.15) is 0 Å². The van der Waals surface area contributed by atoms with E-state index < -0.39 is 0 Å². The molecule has 2 heterocycles. The van der Waals surface area contributed by atoms with Gasteiger partial charge in [-0.15, -0.1) is 0 Å². The van der Waals surface area contributed by atoms with E-state index in [9.17, 15) is 4.79 Å². The molecule has 2 aromatic rings. The summed E-state index contributed by atoms with van der Waals surface area (Å²) in [5.41, 5.74) is 4.88. The Morgan fingerprint density at radius 2 is 2.00 bits per heavy atom. The number of nitrogens with one attached hydrogen (secondary N) is 1. The summed E-state index contributed by atoms with van der Waals surface area (Å²) in [7, 11) is 0. The van der Waals surface area contributed by atoms with Gasteiger partial charge in [-0.2, -0.15) is 5.10 Å². The van der Waals surface area contributed by atoms with Crippen molar-refractivity contribution in [2.45, 2.75) is 54.1 Å². The fourth-order valence-corrected chi connectivity index (χ4v) is 2.62. The van der Waals surface area contributed by atoms with E-state index in [1.165, 1.54) is 0 Å². The van der Waals surface area contributed by atoms with Crippen molar-refractivity contribution in [3.63, 3.8) is 0 Å². The second-order valence-corrected chi connectivity index (χ2v) is 6.45. The topological polar surface area (TPSA) is 59.8 Å². The van der Waals surface area contributed by atoms with E-state index in [1.807, 2.05) is 43.7 Å². The van der Waals surface area contributed by atoms with Gasteiger partial charge in [-0.25, -0.2) is 0 Å². The molecule has 5 nitrogen and oxygen atoms in total. The average Bonchev–Trinajstić information content (AvgIpc) is 2.72. The molecule has 0 spiro atoms. The number of amides is 1. The molecule has 0 aliphatic carbocycles. The standard InChI is InChI=1S/C18H26N4O/c1-12(2)11-22-15(5)17(14(4)21-22)9-18(23)19-10-16-8-6-7-13(3)20-16/h6-8,12H,9-11H2,1-5H3,(H,19,23). The molecule has 5 heteroatoms. The van der Waals surface area contributed by atoms with Gasteiger partial charge in [0.05, 0.1) is 24.4 Å². The predicted molar refractivity (Wildman–Crippen MR) is 91.1 cm³/mol. The average molecular weight is 314 g/mol. The molecule has 0 atom stereocenters. The minimum atomic E-state index is 0.00334. The Labute approximate surface area is 138 Å². The summed E-state index contributed by atoms with van der Waals surface area (Å²) in [6.07, 6.45) is 0.363. The first-order valence-electron chi connectivity index (χ1n) is 8.09. The van der Waals surface area contributed by atoms with Gasteiger partial charge in [-0.1, -0.05) is 19.9 Å². The number of aryl methyl sites for hydroxylation is 2. The molecule has 0 saturated carbocycles. The molecule has 1 amide bonds. The maximum Gasteiger partial charge on any atom is 0.224 e. The van der Waals surface area contributed by atoms with Crippen LogP contribution < -0.4 is 5.32 Å². The van der Waals surface area contributed by atoms with Crippen molar-refractivity contribution in [2.24, 2.45) is 5.92 Å². The molecule has 0 aromatic carbocycles. The zero-order valence-electron chi connectivity index (χ0n) is 14.7. The van der Waals surface area contributed by atoms with Gasteiger partial charge in [-0.05, 0) is 38.8 Å². The first-order valence-corrected chi connectivity index (χ1v) is 8.09. The summed E-state index contributed by atoms with van der Waals surface area (Å²) in [5.74, 6) is 0.533. The second kappa shape index (κ2) is 7.40. The number of carbonyl (C=O) groups is 1. The van der Waals surface area contributed by atoms with E-state index in [-0.39, 0.29) is 5.91 Å². The third kappa shape index (κ3) is 4.65. The van der Waals surface area contributed by atoms with Crippen molar-refractivity contribution in [1.29, 1.82) is 0 Å². The quantitative estimate of drug-likeness (QED) is 0.892. The van der Waals surface area contributed by atoms with Crippen molar-refractivity contribution in [3.05, 3.63) is 46.5 Å². The van der Waals surface area contributed by atoms with E-state index in [4.69, 9.17) is 0 Å². The number of carbonyl (C=O) groups excluding carboxylic acids is 1. The molecule has 0 unspecified atom stereocenters. The van der Waals surface area contributed by atoms with Crippen molar-refractivity contribution < 1.29 is 4.79 Å². The number of hydrogen-bond acceptors (Lipinski definition) is 3. The summed E-state index contributed by atoms with van der Waals surface area (Å²) in [5, 5.41) is 7.50. The van der Waals surface area contributed by atoms with Gasteiger partial charge in [0.25, 0.3) is 0 Å². The van der Waals surface area contributed by atoms with Crippen LogP contribution in [-0.2, 0) is 24.3 Å². The van der Waals surface area contributed by atoms with Crippen LogP contribution in [-0.4, -0.2) is 20.7 Å². The minimum Gasteiger partial charge on any atom is -0.350 e.